The minimum atomic E-state index is -3.41. The zero-order valence-electron chi connectivity index (χ0n) is 9.91. The number of benzene rings is 1. The summed E-state index contributed by atoms with van der Waals surface area (Å²) in [6.45, 7) is 1.53. The Morgan fingerprint density at radius 3 is 2.44 bits per heavy atom. The van der Waals surface area contributed by atoms with E-state index in [0.717, 1.165) is 5.56 Å². The molecule has 1 aliphatic rings. The summed E-state index contributed by atoms with van der Waals surface area (Å²) in [6, 6.07) is 10.8. The van der Waals surface area contributed by atoms with E-state index in [4.69, 9.17) is 0 Å². The predicted octanol–water partition coefficient (Wildman–Crippen LogP) is 1.30. The molecule has 18 heavy (non-hydrogen) atoms. The Bertz CT molecular complexity index is 603. The van der Waals surface area contributed by atoms with Crippen molar-refractivity contribution in [1.29, 1.82) is 5.26 Å². The van der Waals surface area contributed by atoms with Gasteiger partial charge in [0.15, 0.2) is 9.84 Å². The number of nitriles is 1. The molecule has 0 bridgehead atoms. The molecule has 0 aliphatic heterocycles. The highest BCUT2D eigenvalue weighted by atomic mass is 32.2. The Kier molecular flexibility index (Phi) is 2.99. The van der Waals surface area contributed by atoms with Crippen LogP contribution < -0.4 is 0 Å². The van der Waals surface area contributed by atoms with Gasteiger partial charge >= 0.3 is 0 Å². The summed E-state index contributed by atoms with van der Waals surface area (Å²) in [5.41, 5.74) is -0.677. The summed E-state index contributed by atoms with van der Waals surface area (Å²) < 4.78 is 23.9. The van der Waals surface area contributed by atoms with Crippen LogP contribution >= 0.6 is 0 Å². The molecule has 1 fully saturated rings. The van der Waals surface area contributed by atoms with E-state index in [1.165, 1.54) is 6.92 Å². The topological polar surface area (TPSA) is 75.0 Å². The first-order valence-electron chi connectivity index (χ1n) is 5.67. The molecule has 4 nitrogen and oxygen atoms in total. The first-order chi connectivity index (χ1) is 8.53. The van der Waals surface area contributed by atoms with Crippen molar-refractivity contribution in [2.75, 3.05) is 5.75 Å². The van der Waals surface area contributed by atoms with E-state index in [1.807, 2.05) is 12.1 Å². The van der Waals surface area contributed by atoms with Gasteiger partial charge in [0, 0.05) is 11.7 Å². The SMILES string of the molecule is CCS(=O)(=O)[C@@H]1[C@@H](c2ccccc2)[C@]1(C#N)C=O. The Morgan fingerprint density at radius 2 is 2.00 bits per heavy atom. The maximum Gasteiger partial charge on any atom is 0.155 e. The number of hydrogen-bond acceptors (Lipinski definition) is 4. The monoisotopic (exact) mass is 263 g/mol. The van der Waals surface area contributed by atoms with Gasteiger partial charge in [-0.3, -0.25) is 0 Å². The largest absolute Gasteiger partial charge is 0.302 e. The summed E-state index contributed by atoms with van der Waals surface area (Å²) in [5, 5.41) is 8.27. The van der Waals surface area contributed by atoms with Gasteiger partial charge in [-0.25, -0.2) is 8.42 Å². The quantitative estimate of drug-likeness (QED) is 0.767. The van der Waals surface area contributed by atoms with Crippen molar-refractivity contribution in [1.82, 2.24) is 0 Å². The molecule has 5 heteroatoms. The van der Waals surface area contributed by atoms with E-state index in [1.54, 1.807) is 24.3 Å². The summed E-state index contributed by atoms with van der Waals surface area (Å²) in [6.07, 6.45) is 0.489. The molecule has 0 radical (unpaired) electrons. The van der Waals surface area contributed by atoms with E-state index in [-0.39, 0.29) is 5.75 Å². The lowest BCUT2D eigenvalue weighted by molar-refractivity contribution is -0.110. The number of aldehydes is 1. The lowest BCUT2D eigenvalue weighted by Gasteiger charge is -1.99. The number of nitrogens with zero attached hydrogens (tertiary/aromatic N) is 1. The maximum atomic E-state index is 12.0. The average molecular weight is 263 g/mol. The third kappa shape index (κ3) is 1.65. The Balaban J connectivity index is 2.49. The molecule has 0 amide bonds. The van der Waals surface area contributed by atoms with Crippen LogP contribution in [0.5, 0.6) is 0 Å². The molecular weight excluding hydrogens is 250 g/mol. The highest BCUT2D eigenvalue weighted by molar-refractivity contribution is 7.92. The highest BCUT2D eigenvalue weighted by Crippen LogP contribution is 2.61. The zero-order valence-corrected chi connectivity index (χ0v) is 10.7. The van der Waals surface area contributed by atoms with Gasteiger partial charge < -0.3 is 4.79 Å². The third-order valence-corrected chi connectivity index (χ3v) is 5.76. The normalized spacial score (nSPS) is 30.4. The minimum Gasteiger partial charge on any atom is -0.302 e. The first-order valence-corrected chi connectivity index (χ1v) is 7.39. The van der Waals surface area contributed by atoms with Gasteiger partial charge in [0.1, 0.15) is 11.7 Å². The fraction of sp³-hybridized carbons (Fsp3) is 0.385. The molecule has 0 N–H and O–H groups in total. The number of carbonyl (C=O) groups excluding carboxylic acids is 1. The molecule has 0 aromatic heterocycles. The lowest BCUT2D eigenvalue weighted by atomic mass is 10.0. The van der Waals surface area contributed by atoms with Crippen LogP contribution in [0.3, 0.4) is 0 Å². The Hall–Kier alpha value is -1.67. The van der Waals surface area contributed by atoms with Gasteiger partial charge in [0.2, 0.25) is 0 Å². The van der Waals surface area contributed by atoms with Crippen LogP contribution in [-0.2, 0) is 14.6 Å². The molecule has 0 unspecified atom stereocenters. The maximum absolute atomic E-state index is 12.0. The van der Waals surface area contributed by atoms with Crippen LogP contribution in [0.25, 0.3) is 0 Å². The summed E-state index contributed by atoms with van der Waals surface area (Å²) >= 11 is 0. The van der Waals surface area contributed by atoms with Gasteiger partial charge in [-0.1, -0.05) is 37.3 Å². The van der Waals surface area contributed by atoms with Gasteiger partial charge in [0.05, 0.1) is 11.3 Å². The van der Waals surface area contributed by atoms with Crippen molar-refractivity contribution in [3.05, 3.63) is 35.9 Å². The fourth-order valence-corrected chi connectivity index (χ4v) is 4.40. The van der Waals surface area contributed by atoms with Gasteiger partial charge in [-0.2, -0.15) is 5.26 Å². The summed E-state index contributed by atoms with van der Waals surface area (Å²) in [5.74, 6) is -0.593. The average Bonchev–Trinajstić information content (AvgIpc) is 3.10. The fourth-order valence-electron chi connectivity index (χ4n) is 2.47. The van der Waals surface area contributed by atoms with Crippen molar-refractivity contribution in [2.45, 2.75) is 18.1 Å². The predicted molar refractivity (Wildman–Crippen MR) is 66.5 cm³/mol. The minimum absolute atomic E-state index is 0.0573. The van der Waals surface area contributed by atoms with Crippen LogP contribution in [0, 0.1) is 16.7 Å². The second-order valence-electron chi connectivity index (χ2n) is 4.42. The van der Waals surface area contributed by atoms with Crippen molar-refractivity contribution in [3.8, 4) is 6.07 Å². The number of carbonyl (C=O) groups is 1. The van der Waals surface area contributed by atoms with Crippen LogP contribution in [0.15, 0.2) is 30.3 Å². The molecule has 0 saturated heterocycles. The van der Waals surface area contributed by atoms with E-state index in [0.29, 0.717) is 6.29 Å². The Labute approximate surface area is 106 Å². The number of rotatable bonds is 4. The van der Waals surface area contributed by atoms with Gasteiger partial charge in [0.25, 0.3) is 0 Å². The second kappa shape index (κ2) is 4.21. The van der Waals surface area contributed by atoms with Crippen LogP contribution in [0.1, 0.15) is 18.4 Å². The van der Waals surface area contributed by atoms with E-state index in [9.17, 15) is 18.5 Å². The number of hydrogen-bond donors (Lipinski definition) is 0. The molecule has 1 saturated carbocycles. The van der Waals surface area contributed by atoms with Gasteiger partial charge in [-0.15, -0.1) is 0 Å². The molecular formula is C13H13NO3S. The van der Waals surface area contributed by atoms with Crippen molar-refractivity contribution in [2.24, 2.45) is 5.41 Å². The third-order valence-electron chi connectivity index (χ3n) is 3.52. The highest BCUT2D eigenvalue weighted by Gasteiger charge is 2.72. The number of sulfone groups is 1. The first kappa shape index (κ1) is 12.8. The van der Waals surface area contributed by atoms with Crippen LogP contribution in [0.2, 0.25) is 0 Å². The van der Waals surface area contributed by atoms with Crippen molar-refractivity contribution >= 4 is 16.1 Å². The van der Waals surface area contributed by atoms with E-state index in [2.05, 4.69) is 0 Å². The molecule has 3 atom stereocenters. The summed E-state index contributed by atoms with van der Waals surface area (Å²) in [4.78, 5) is 11.2. The van der Waals surface area contributed by atoms with E-state index < -0.39 is 26.4 Å². The molecule has 94 valence electrons. The lowest BCUT2D eigenvalue weighted by Crippen LogP contribution is -2.17. The van der Waals surface area contributed by atoms with E-state index >= 15 is 0 Å². The van der Waals surface area contributed by atoms with Crippen LogP contribution in [-0.4, -0.2) is 25.7 Å². The van der Waals surface area contributed by atoms with Crippen molar-refractivity contribution in [3.63, 3.8) is 0 Å². The molecule has 0 spiro atoms. The molecule has 0 heterocycles. The zero-order chi connectivity index (χ0) is 13.4. The smallest absolute Gasteiger partial charge is 0.155 e. The standard InChI is InChI=1S/C13H13NO3S/c1-2-18(16,17)12-11(13(12,8-14)9-15)10-6-4-3-5-7-10/h3-7,9,11-12H,2H2,1H3/t11-,12-,13+/m1/s1. The van der Waals surface area contributed by atoms with Gasteiger partial charge in [-0.05, 0) is 5.56 Å². The Morgan fingerprint density at radius 1 is 1.39 bits per heavy atom. The second-order valence-corrected chi connectivity index (χ2v) is 6.83. The molecule has 1 aliphatic carbocycles. The van der Waals surface area contributed by atoms with Crippen LogP contribution in [0.4, 0.5) is 0 Å². The molecule has 2 rings (SSSR count). The molecule has 1 aromatic carbocycles. The summed E-state index contributed by atoms with van der Waals surface area (Å²) in [7, 11) is -3.41. The van der Waals surface area contributed by atoms with Crippen molar-refractivity contribution < 1.29 is 13.2 Å². The molecule has 1 aromatic rings.